The molecule has 0 aliphatic carbocycles. The van der Waals surface area contributed by atoms with Gasteiger partial charge in [0.1, 0.15) is 0 Å². The average Bonchev–Trinajstić information content (AvgIpc) is 1.88. The van der Waals surface area contributed by atoms with Crippen LogP contribution in [0.4, 0.5) is 5.69 Å². The van der Waals surface area contributed by atoms with Crippen molar-refractivity contribution in [3.05, 3.63) is 24.3 Å². The largest absolute Gasteiger partial charge is 0.399 e. The van der Waals surface area contributed by atoms with Gasteiger partial charge in [-0.3, -0.25) is 0 Å². The summed E-state index contributed by atoms with van der Waals surface area (Å²) in [6.45, 7) is 0. The number of anilines is 1. The summed E-state index contributed by atoms with van der Waals surface area (Å²) in [5.74, 6) is 5.50. The molecule has 0 radical (unpaired) electrons. The Labute approximate surface area is 58.7 Å². The molecule has 0 heterocycles. The summed E-state index contributed by atoms with van der Waals surface area (Å²) in [5, 5.41) is 0. The van der Waals surface area contributed by atoms with Gasteiger partial charge in [0.25, 0.3) is 0 Å². The van der Waals surface area contributed by atoms with E-state index in [2.05, 4.69) is 5.59 Å². The van der Waals surface area contributed by atoms with E-state index in [4.69, 9.17) is 16.4 Å². The molecule has 4 nitrogen and oxygen atoms in total. The summed E-state index contributed by atoms with van der Waals surface area (Å²) in [6, 6.07) is 6.96. The Bertz CT molecular complexity index is 214. The minimum Gasteiger partial charge on any atom is -0.399 e. The molecule has 0 aromatic heterocycles. The van der Waals surface area contributed by atoms with Crippen LogP contribution >= 0.6 is 0 Å². The number of nitrogens with one attached hydrogen (secondary N) is 1. The predicted octanol–water partition coefficient (Wildman–Crippen LogP) is 0.0259. The molecular weight excluding hydrogens is 130 g/mol. The normalized spacial score (nSPS) is 9.30. The second kappa shape index (κ2) is 3.05. The summed E-state index contributed by atoms with van der Waals surface area (Å²) in [6.07, 6.45) is 0. The maximum absolute atomic E-state index is 5.44. The van der Waals surface area contributed by atoms with Crippen molar-refractivity contribution in [2.45, 2.75) is 0 Å². The highest BCUT2D eigenvalue weighted by atomic mass is 16.7. The van der Waals surface area contributed by atoms with E-state index in [0.29, 0.717) is 11.4 Å². The lowest BCUT2D eigenvalue weighted by Gasteiger charge is -2.01. The first-order valence-corrected chi connectivity index (χ1v) is 2.81. The van der Waals surface area contributed by atoms with Gasteiger partial charge < -0.3 is 10.6 Å². The average molecular weight is 139 g/mol. The molecule has 0 fully saturated rings. The molecule has 0 amide bonds. The molecule has 1 rings (SSSR count). The number of hydrazine groups is 1. The van der Waals surface area contributed by atoms with Crippen LogP contribution in [0.2, 0.25) is 0 Å². The zero-order valence-electron chi connectivity index (χ0n) is 5.37. The van der Waals surface area contributed by atoms with Gasteiger partial charge in [-0.1, -0.05) is 11.7 Å². The van der Waals surface area contributed by atoms with Crippen LogP contribution in [0.25, 0.3) is 0 Å². The third-order valence-electron chi connectivity index (χ3n) is 1.03. The van der Waals surface area contributed by atoms with Crippen LogP contribution in [-0.4, -0.2) is 0 Å². The Hall–Kier alpha value is -1.26. The zero-order chi connectivity index (χ0) is 7.40. The lowest BCUT2D eigenvalue weighted by molar-refractivity contribution is 0.199. The van der Waals surface area contributed by atoms with Gasteiger partial charge in [-0.15, -0.1) is 0 Å². The molecule has 10 heavy (non-hydrogen) atoms. The first-order chi connectivity index (χ1) is 4.83. The molecule has 1 aromatic carbocycles. The van der Waals surface area contributed by atoms with Crippen LogP contribution < -0.4 is 22.0 Å². The van der Waals surface area contributed by atoms with Crippen LogP contribution in [0.3, 0.4) is 0 Å². The van der Waals surface area contributed by atoms with Crippen molar-refractivity contribution in [2.75, 3.05) is 5.73 Å². The topological polar surface area (TPSA) is 73.3 Å². The molecule has 0 saturated heterocycles. The van der Waals surface area contributed by atoms with Crippen molar-refractivity contribution in [2.24, 2.45) is 5.84 Å². The number of benzene rings is 1. The van der Waals surface area contributed by atoms with Gasteiger partial charge >= 0.3 is 0 Å². The van der Waals surface area contributed by atoms with E-state index in [-0.39, 0.29) is 0 Å². The van der Waals surface area contributed by atoms with E-state index < -0.39 is 0 Å². The molecular formula is C6H9N3O. The van der Waals surface area contributed by atoms with E-state index >= 15 is 0 Å². The lowest BCUT2D eigenvalue weighted by Crippen LogP contribution is -2.25. The highest BCUT2D eigenvalue weighted by Crippen LogP contribution is 2.12. The van der Waals surface area contributed by atoms with Gasteiger partial charge in [-0.25, -0.2) is 5.84 Å². The molecule has 0 bridgehead atoms. The van der Waals surface area contributed by atoms with E-state index in [1.54, 1.807) is 24.3 Å². The fourth-order valence-corrected chi connectivity index (χ4v) is 0.646. The highest BCUT2D eigenvalue weighted by molar-refractivity contribution is 5.43. The van der Waals surface area contributed by atoms with E-state index in [1.165, 1.54) is 0 Å². The van der Waals surface area contributed by atoms with E-state index in [1.807, 2.05) is 0 Å². The Morgan fingerprint density at radius 2 is 2.20 bits per heavy atom. The number of hydrogen-bond acceptors (Lipinski definition) is 4. The Kier molecular flexibility index (Phi) is 2.09. The van der Waals surface area contributed by atoms with Gasteiger partial charge in [0, 0.05) is 11.8 Å². The summed E-state index contributed by atoms with van der Waals surface area (Å²) in [4.78, 5) is 4.73. The quantitative estimate of drug-likeness (QED) is 0.307. The predicted molar refractivity (Wildman–Crippen MR) is 38.8 cm³/mol. The fourth-order valence-electron chi connectivity index (χ4n) is 0.646. The van der Waals surface area contributed by atoms with Crippen LogP contribution in [0.1, 0.15) is 0 Å². The molecule has 4 heteroatoms. The Morgan fingerprint density at radius 1 is 1.40 bits per heavy atom. The molecule has 0 aliphatic heterocycles. The van der Waals surface area contributed by atoms with E-state index in [9.17, 15) is 0 Å². The van der Waals surface area contributed by atoms with Gasteiger partial charge in [-0.05, 0) is 12.1 Å². The van der Waals surface area contributed by atoms with Crippen LogP contribution in [-0.2, 0) is 0 Å². The molecule has 0 aliphatic rings. The van der Waals surface area contributed by atoms with Gasteiger partial charge in [0.05, 0.1) is 0 Å². The highest BCUT2D eigenvalue weighted by Gasteiger charge is 1.90. The lowest BCUT2D eigenvalue weighted by atomic mass is 10.3. The van der Waals surface area contributed by atoms with Crippen LogP contribution in [0, 0.1) is 0 Å². The third-order valence-corrected chi connectivity index (χ3v) is 1.03. The molecule has 0 spiro atoms. The van der Waals surface area contributed by atoms with Crippen molar-refractivity contribution in [1.82, 2.24) is 5.59 Å². The monoisotopic (exact) mass is 139 g/mol. The Balaban J connectivity index is 2.75. The van der Waals surface area contributed by atoms with Crippen molar-refractivity contribution >= 4 is 5.69 Å². The Morgan fingerprint density at radius 3 is 2.80 bits per heavy atom. The molecule has 0 saturated carbocycles. The smallest absolute Gasteiger partial charge is 0.151 e. The summed E-state index contributed by atoms with van der Waals surface area (Å²) in [5.41, 5.74) is 8.14. The van der Waals surface area contributed by atoms with Crippen molar-refractivity contribution in [3.63, 3.8) is 0 Å². The van der Waals surface area contributed by atoms with Gasteiger partial charge in [-0.2, -0.15) is 0 Å². The molecule has 0 atom stereocenters. The molecule has 54 valence electrons. The molecule has 0 unspecified atom stereocenters. The van der Waals surface area contributed by atoms with Crippen molar-refractivity contribution in [3.8, 4) is 5.75 Å². The third kappa shape index (κ3) is 1.61. The maximum atomic E-state index is 5.44. The fraction of sp³-hybridized carbons (Fsp3) is 0. The van der Waals surface area contributed by atoms with Crippen LogP contribution in [0.15, 0.2) is 24.3 Å². The standard InChI is InChI=1S/C6H9N3O/c7-5-2-1-3-6(4-5)10-9-8/h1-4,9H,7-8H2. The van der Waals surface area contributed by atoms with Crippen molar-refractivity contribution < 1.29 is 4.84 Å². The minimum atomic E-state index is 0.600. The number of nitrogen functional groups attached to an aromatic ring is 1. The summed E-state index contributed by atoms with van der Waals surface area (Å²) in [7, 11) is 0. The zero-order valence-corrected chi connectivity index (χ0v) is 5.37. The number of nitrogens with two attached hydrogens (primary N) is 2. The second-order valence-electron chi connectivity index (χ2n) is 1.79. The van der Waals surface area contributed by atoms with E-state index in [0.717, 1.165) is 0 Å². The number of hydrogen-bond donors (Lipinski definition) is 3. The summed E-state index contributed by atoms with van der Waals surface area (Å²) < 4.78 is 0. The maximum Gasteiger partial charge on any atom is 0.151 e. The first kappa shape index (κ1) is 6.85. The molecule has 5 N–H and O–H groups in total. The minimum absolute atomic E-state index is 0.600. The first-order valence-electron chi connectivity index (χ1n) is 2.81. The van der Waals surface area contributed by atoms with Gasteiger partial charge in [0.2, 0.25) is 0 Å². The van der Waals surface area contributed by atoms with Crippen LogP contribution in [0.5, 0.6) is 5.75 Å². The second-order valence-corrected chi connectivity index (χ2v) is 1.79. The van der Waals surface area contributed by atoms with Gasteiger partial charge in [0.15, 0.2) is 5.75 Å². The molecule has 1 aromatic rings. The van der Waals surface area contributed by atoms with Crippen molar-refractivity contribution in [1.29, 1.82) is 0 Å². The SMILES string of the molecule is NNOc1cccc(N)c1. The summed E-state index contributed by atoms with van der Waals surface area (Å²) >= 11 is 0. The number of rotatable bonds is 2.